The Morgan fingerprint density at radius 1 is 1.10 bits per heavy atom. The average Bonchev–Trinajstić information content (AvgIpc) is 3.12. The second-order valence-corrected chi connectivity index (χ2v) is 14.3. The third kappa shape index (κ3) is 8.53. The molecule has 1 aliphatic heterocycles. The van der Waals surface area contributed by atoms with E-state index in [0.717, 1.165) is 66.0 Å². The van der Waals surface area contributed by atoms with Crippen LogP contribution < -0.4 is 14.8 Å². The molecule has 1 heterocycles. The summed E-state index contributed by atoms with van der Waals surface area (Å²) in [5.74, 6) is 1.11. The second-order valence-electron chi connectivity index (χ2n) is 12.8. The number of carbonyl (C=O) groups excluding carboxylic acids is 1. The molecule has 2 aliphatic carbocycles. The van der Waals surface area contributed by atoms with Gasteiger partial charge in [-0.05, 0) is 79.5 Å². The Hall–Kier alpha value is -3.31. The van der Waals surface area contributed by atoms with Gasteiger partial charge in [0.05, 0.1) is 23.5 Å². The number of allylic oxidation sites excluding steroid dienone is 1. The highest BCUT2D eigenvalue weighted by Gasteiger charge is 2.63. The molecule has 0 spiro atoms. The van der Waals surface area contributed by atoms with Crippen LogP contribution in [0, 0.1) is 17.8 Å². The lowest BCUT2D eigenvalue weighted by Gasteiger charge is -2.58. The first-order valence-corrected chi connectivity index (χ1v) is 18.9. The van der Waals surface area contributed by atoms with E-state index < -0.39 is 11.9 Å². The molecule has 1 fully saturated rings. The van der Waals surface area contributed by atoms with Gasteiger partial charge in [-0.15, -0.1) is 6.58 Å². The quantitative estimate of drug-likeness (QED) is 0.0842. The van der Waals surface area contributed by atoms with Gasteiger partial charge < -0.3 is 34.6 Å². The summed E-state index contributed by atoms with van der Waals surface area (Å²) in [6.07, 6.45) is 9.24. The number of amides is 1. The lowest BCUT2D eigenvalue weighted by atomic mass is 9.56. The lowest BCUT2D eigenvalue weighted by Crippen LogP contribution is -2.64. The van der Waals surface area contributed by atoms with Gasteiger partial charge in [0.2, 0.25) is 5.79 Å². The Bertz CT molecular complexity index is 1450. The van der Waals surface area contributed by atoms with E-state index in [2.05, 4.69) is 24.9 Å². The number of benzene rings is 2. The highest BCUT2D eigenvalue weighted by Crippen LogP contribution is 2.62. The molecule has 0 aromatic heterocycles. The summed E-state index contributed by atoms with van der Waals surface area (Å²) in [6, 6.07) is 15.4. The molecule has 1 amide bonds. The molecule has 49 heavy (non-hydrogen) atoms. The van der Waals surface area contributed by atoms with Crippen LogP contribution in [0.15, 0.2) is 78.0 Å². The zero-order chi connectivity index (χ0) is 34.6. The SMILES string of the molecule is C=CCOC12Oc3ccc(OC(=O)NCc4ccccc4)cc3C3C(CCCCO)C(CCCCO)C=C(C(=NOCC)CC1SCC)C32. The van der Waals surface area contributed by atoms with Crippen molar-refractivity contribution in [3.8, 4) is 11.5 Å². The fourth-order valence-electron chi connectivity index (χ4n) is 7.80. The standard InChI is InChI=1S/C39H52N2O7S/c1-4-22-45-39-35(49-6-3)25-33(41-46-5-2)31-23-28(16-10-12-20-42)30(17-11-13-21-43)36(37(31)39)32-24-29(18-19-34(32)48-39)47-38(44)40-26-27-14-8-7-9-15-27/h4,7-9,14-15,18-19,23-24,28,30,35-37,42-43H,1,5-6,10-13,16-17,20-22,25-26H2,2-3H3,(H,40,44). The van der Waals surface area contributed by atoms with Crippen LogP contribution in [0.3, 0.4) is 0 Å². The molecule has 2 aromatic carbocycles. The van der Waals surface area contributed by atoms with Crippen LogP contribution in [0.2, 0.25) is 0 Å². The topological polar surface area (TPSA) is 119 Å². The number of nitrogens with one attached hydrogen (secondary N) is 1. The number of carbonyl (C=O) groups is 1. The van der Waals surface area contributed by atoms with Crippen molar-refractivity contribution >= 4 is 23.6 Å². The van der Waals surface area contributed by atoms with Crippen LogP contribution in [0.5, 0.6) is 11.5 Å². The predicted molar refractivity (Wildman–Crippen MR) is 194 cm³/mol. The zero-order valence-electron chi connectivity index (χ0n) is 28.9. The molecule has 266 valence electrons. The van der Waals surface area contributed by atoms with E-state index in [1.165, 1.54) is 0 Å². The maximum atomic E-state index is 13.0. The van der Waals surface area contributed by atoms with E-state index in [-0.39, 0.29) is 42.1 Å². The first-order valence-electron chi connectivity index (χ1n) is 17.8. The van der Waals surface area contributed by atoms with Gasteiger partial charge in [-0.3, -0.25) is 0 Å². The Morgan fingerprint density at radius 2 is 1.88 bits per heavy atom. The number of rotatable bonds is 18. The molecular formula is C39H52N2O7S. The number of hydrogen-bond donors (Lipinski definition) is 3. The van der Waals surface area contributed by atoms with Gasteiger partial charge in [0, 0.05) is 37.7 Å². The largest absolute Gasteiger partial charge is 0.460 e. The number of oxime groups is 1. The Labute approximate surface area is 295 Å². The zero-order valence-corrected chi connectivity index (χ0v) is 29.7. The minimum atomic E-state index is -0.996. The van der Waals surface area contributed by atoms with Gasteiger partial charge in [-0.25, -0.2) is 4.79 Å². The van der Waals surface area contributed by atoms with Crippen LogP contribution in [-0.2, 0) is 16.1 Å². The molecule has 1 saturated carbocycles. The van der Waals surface area contributed by atoms with Gasteiger partial charge in [0.1, 0.15) is 18.1 Å². The summed E-state index contributed by atoms with van der Waals surface area (Å²) in [5, 5.41) is 26.9. The van der Waals surface area contributed by atoms with Crippen molar-refractivity contribution in [3.63, 3.8) is 0 Å². The lowest BCUT2D eigenvalue weighted by molar-refractivity contribution is -0.223. The van der Waals surface area contributed by atoms with Crippen molar-refractivity contribution in [2.24, 2.45) is 22.9 Å². The van der Waals surface area contributed by atoms with Crippen LogP contribution in [-0.4, -0.2) is 65.2 Å². The normalized spacial score (nSPS) is 26.2. The summed E-state index contributed by atoms with van der Waals surface area (Å²) in [5.41, 5.74) is 3.96. The fourth-order valence-corrected chi connectivity index (χ4v) is 8.97. The summed E-state index contributed by atoms with van der Waals surface area (Å²) >= 11 is 1.81. The van der Waals surface area contributed by atoms with Gasteiger partial charge >= 0.3 is 6.09 Å². The van der Waals surface area contributed by atoms with Crippen molar-refractivity contribution in [2.45, 2.75) is 82.3 Å². The number of thioether (sulfide) groups is 1. The molecule has 0 saturated heterocycles. The number of ether oxygens (including phenoxy) is 3. The van der Waals surface area contributed by atoms with E-state index >= 15 is 0 Å². The Kier molecular flexibility index (Phi) is 13.6. The number of aliphatic hydroxyl groups is 2. The molecular weight excluding hydrogens is 641 g/mol. The number of fused-ring (bicyclic) bond motifs is 2. The molecule has 6 unspecified atom stereocenters. The number of hydrogen-bond acceptors (Lipinski definition) is 9. The predicted octanol–water partition coefficient (Wildman–Crippen LogP) is 7.38. The molecule has 6 atom stereocenters. The Morgan fingerprint density at radius 3 is 2.59 bits per heavy atom. The van der Waals surface area contributed by atoms with E-state index in [1.807, 2.05) is 49.4 Å². The highest BCUT2D eigenvalue weighted by atomic mass is 32.2. The van der Waals surface area contributed by atoms with Crippen LogP contribution in [0.25, 0.3) is 0 Å². The highest BCUT2D eigenvalue weighted by molar-refractivity contribution is 8.00. The van der Waals surface area contributed by atoms with Crippen molar-refractivity contribution < 1.29 is 34.1 Å². The van der Waals surface area contributed by atoms with Gasteiger partial charge in [0.25, 0.3) is 0 Å². The molecule has 0 radical (unpaired) electrons. The number of aliphatic hydroxyl groups excluding tert-OH is 2. The van der Waals surface area contributed by atoms with Gasteiger partial charge in [-0.2, -0.15) is 11.8 Å². The van der Waals surface area contributed by atoms with Crippen LogP contribution >= 0.6 is 11.8 Å². The molecule has 3 N–H and O–H groups in total. The van der Waals surface area contributed by atoms with Gasteiger partial charge in [0.15, 0.2) is 0 Å². The van der Waals surface area contributed by atoms with Crippen LogP contribution in [0.1, 0.15) is 75.8 Å². The first-order chi connectivity index (χ1) is 24.0. The third-order valence-corrected chi connectivity index (χ3v) is 11.0. The van der Waals surface area contributed by atoms with Gasteiger partial charge in [-0.1, -0.05) is 67.4 Å². The monoisotopic (exact) mass is 692 g/mol. The Balaban J connectivity index is 1.61. The molecule has 3 aliphatic rings. The van der Waals surface area contributed by atoms with E-state index in [1.54, 1.807) is 23.9 Å². The minimum Gasteiger partial charge on any atom is -0.460 e. The fraction of sp³-hybridized carbons (Fsp3) is 0.538. The summed E-state index contributed by atoms with van der Waals surface area (Å²) in [7, 11) is 0. The smallest absolute Gasteiger partial charge is 0.412 e. The van der Waals surface area contributed by atoms with E-state index in [0.29, 0.717) is 38.3 Å². The van der Waals surface area contributed by atoms with Crippen molar-refractivity contribution in [3.05, 3.63) is 84.0 Å². The molecule has 0 bridgehead atoms. The van der Waals surface area contributed by atoms with Crippen molar-refractivity contribution in [1.29, 1.82) is 0 Å². The first kappa shape index (κ1) is 37.0. The summed E-state index contributed by atoms with van der Waals surface area (Å²) < 4.78 is 19.8. The molecule has 10 heteroatoms. The van der Waals surface area contributed by atoms with Crippen LogP contribution in [0.4, 0.5) is 4.79 Å². The number of unbranched alkanes of at least 4 members (excludes halogenated alkanes) is 2. The maximum Gasteiger partial charge on any atom is 0.412 e. The maximum absolute atomic E-state index is 13.0. The summed E-state index contributed by atoms with van der Waals surface area (Å²) in [6.45, 7) is 9.49. The van der Waals surface area contributed by atoms with Crippen molar-refractivity contribution in [1.82, 2.24) is 5.32 Å². The third-order valence-electron chi connectivity index (χ3n) is 9.78. The molecule has 9 nitrogen and oxygen atoms in total. The average molecular weight is 693 g/mol. The van der Waals surface area contributed by atoms with Crippen molar-refractivity contribution in [2.75, 3.05) is 32.2 Å². The summed E-state index contributed by atoms with van der Waals surface area (Å²) in [4.78, 5) is 18.7. The van der Waals surface area contributed by atoms with E-state index in [9.17, 15) is 15.0 Å². The van der Waals surface area contributed by atoms with E-state index in [4.69, 9.17) is 24.2 Å². The molecule has 5 rings (SSSR count). The minimum absolute atomic E-state index is 0.0607. The second kappa shape index (κ2) is 18.1. The molecule has 2 aromatic rings. The number of nitrogens with zero attached hydrogens (tertiary/aromatic N) is 1.